The molecule has 6 nitrogen and oxygen atoms in total. The molecule has 0 N–H and O–H groups in total. The van der Waals surface area contributed by atoms with Crippen LogP contribution in [0, 0.1) is 22.0 Å². The average Bonchev–Trinajstić information content (AvgIpc) is 2.37. The van der Waals surface area contributed by atoms with Gasteiger partial charge >= 0.3 is 0 Å². The van der Waals surface area contributed by atoms with E-state index in [1.54, 1.807) is 0 Å². The Labute approximate surface area is 118 Å². The predicted molar refractivity (Wildman–Crippen MR) is 74.8 cm³/mol. The molecule has 1 heterocycles. The summed E-state index contributed by atoms with van der Waals surface area (Å²) < 4.78 is 26.5. The number of rotatable bonds is 3. The van der Waals surface area contributed by atoms with Gasteiger partial charge in [0.1, 0.15) is 0 Å². The summed E-state index contributed by atoms with van der Waals surface area (Å²) in [6.45, 7) is 4.97. The molecular formula is C13H18N2O4S. The zero-order valence-corrected chi connectivity index (χ0v) is 12.3. The molecule has 0 amide bonds. The van der Waals surface area contributed by atoms with Crippen molar-refractivity contribution >= 4 is 15.7 Å². The first-order valence-corrected chi connectivity index (χ1v) is 7.99. The first-order valence-electron chi connectivity index (χ1n) is 6.55. The maximum Gasteiger partial charge on any atom is 0.270 e. The zero-order valence-electron chi connectivity index (χ0n) is 11.5. The van der Waals surface area contributed by atoms with Crippen molar-refractivity contribution in [1.82, 2.24) is 4.31 Å². The van der Waals surface area contributed by atoms with E-state index in [-0.39, 0.29) is 10.6 Å². The summed E-state index contributed by atoms with van der Waals surface area (Å²) in [5.74, 6) is 0.597. The van der Waals surface area contributed by atoms with Gasteiger partial charge in [-0.1, -0.05) is 19.9 Å². The Balaban J connectivity index is 2.34. The van der Waals surface area contributed by atoms with Gasteiger partial charge in [-0.15, -0.1) is 0 Å². The van der Waals surface area contributed by atoms with Gasteiger partial charge in [-0.25, -0.2) is 8.42 Å². The van der Waals surface area contributed by atoms with Gasteiger partial charge in [-0.05, 0) is 24.3 Å². The highest BCUT2D eigenvalue weighted by Gasteiger charge is 2.32. The van der Waals surface area contributed by atoms with E-state index in [0.29, 0.717) is 24.9 Å². The SMILES string of the molecule is C[C@@H]1C[C@@H](C)CN(S(=O)(=O)c2cccc([N+](=O)[O-])c2)C1. The molecular weight excluding hydrogens is 280 g/mol. The molecule has 2 rings (SSSR count). The number of nitro benzene ring substituents is 1. The van der Waals surface area contributed by atoms with E-state index < -0.39 is 14.9 Å². The van der Waals surface area contributed by atoms with E-state index >= 15 is 0 Å². The summed E-state index contributed by atoms with van der Waals surface area (Å²) in [6.07, 6.45) is 1.00. The van der Waals surface area contributed by atoms with Crippen molar-refractivity contribution in [1.29, 1.82) is 0 Å². The number of sulfonamides is 1. The van der Waals surface area contributed by atoms with Crippen molar-refractivity contribution in [3.63, 3.8) is 0 Å². The third kappa shape index (κ3) is 2.99. The van der Waals surface area contributed by atoms with Crippen LogP contribution in [0.1, 0.15) is 20.3 Å². The summed E-state index contributed by atoms with van der Waals surface area (Å²) in [5.41, 5.74) is -0.204. The molecule has 110 valence electrons. The monoisotopic (exact) mass is 298 g/mol. The van der Waals surface area contributed by atoms with Gasteiger partial charge in [0, 0.05) is 25.2 Å². The summed E-state index contributed by atoms with van der Waals surface area (Å²) in [4.78, 5) is 10.2. The van der Waals surface area contributed by atoms with Gasteiger partial charge in [-0.3, -0.25) is 10.1 Å². The molecule has 0 radical (unpaired) electrons. The Morgan fingerprint density at radius 3 is 2.40 bits per heavy atom. The molecule has 20 heavy (non-hydrogen) atoms. The summed E-state index contributed by atoms with van der Waals surface area (Å²) in [5, 5.41) is 10.8. The second-order valence-electron chi connectivity index (χ2n) is 5.52. The van der Waals surface area contributed by atoms with E-state index in [9.17, 15) is 18.5 Å². The molecule has 2 atom stereocenters. The fraction of sp³-hybridized carbons (Fsp3) is 0.538. The van der Waals surface area contributed by atoms with E-state index in [0.717, 1.165) is 12.5 Å². The normalized spacial score (nSPS) is 24.5. The summed E-state index contributed by atoms with van der Waals surface area (Å²) >= 11 is 0. The van der Waals surface area contributed by atoms with Crippen LogP contribution in [-0.2, 0) is 10.0 Å². The maximum atomic E-state index is 12.6. The standard InChI is InChI=1S/C13H18N2O4S/c1-10-6-11(2)9-14(8-10)20(18,19)13-5-3-4-12(7-13)15(16)17/h3-5,7,10-11H,6,8-9H2,1-2H3/t10-,11-/m1/s1. The largest absolute Gasteiger partial charge is 0.270 e. The molecule has 7 heteroatoms. The number of hydrogen-bond donors (Lipinski definition) is 0. The van der Waals surface area contributed by atoms with Crippen LogP contribution in [0.4, 0.5) is 5.69 Å². The lowest BCUT2D eigenvalue weighted by Gasteiger charge is -2.33. The molecule has 0 bridgehead atoms. The Morgan fingerprint density at radius 1 is 1.25 bits per heavy atom. The topological polar surface area (TPSA) is 80.5 Å². The fourth-order valence-electron chi connectivity index (χ4n) is 2.71. The Hall–Kier alpha value is -1.47. The fourth-order valence-corrected chi connectivity index (χ4v) is 4.43. The van der Waals surface area contributed by atoms with Gasteiger partial charge in [-0.2, -0.15) is 4.31 Å². The third-order valence-electron chi connectivity index (χ3n) is 3.50. The highest BCUT2D eigenvalue weighted by molar-refractivity contribution is 7.89. The molecule has 1 saturated heterocycles. The minimum Gasteiger partial charge on any atom is -0.258 e. The predicted octanol–water partition coefficient (Wildman–Crippen LogP) is 2.26. The van der Waals surface area contributed by atoms with E-state index in [1.807, 2.05) is 13.8 Å². The Bertz CT molecular complexity index is 605. The minimum atomic E-state index is -3.66. The van der Waals surface area contributed by atoms with Crippen molar-refractivity contribution in [2.24, 2.45) is 11.8 Å². The molecule has 0 saturated carbocycles. The molecule has 1 aliphatic heterocycles. The van der Waals surface area contributed by atoms with Crippen LogP contribution in [0.5, 0.6) is 0 Å². The van der Waals surface area contributed by atoms with Gasteiger partial charge in [0.15, 0.2) is 0 Å². The van der Waals surface area contributed by atoms with Gasteiger partial charge in [0.25, 0.3) is 5.69 Å². The van der Waals surface area contributed by atoms with Crippen molar-refractivity contribution in [3.05, 3.63) is 34.4 Å². The number of benzene rings is 1. The van der Waals surface area contributed by atoms with Crippen molar-refractivity contribution in [2.45, 2.75) is 25.2 Å². The van der Waals surface area contributed by atoms with E-state index in [2.05, 4.69) is 0 Å². The second kappa shape index (κ2) is 5.49. The van der Waals surface area contributed by atoms with Gasteiger partial charge < -0.3 is 0 Å². The van der Waals surface area contributed by atoms with E-state index in [1.165, 1.54) is 22.5 Å². The summed E-state index contributed by atoms with van der Waals surface area (Å²) in [7, 11) is -3.66. The first kappa shape index (κ1) is 14.9. The highest BCUT2D eigenvalue weighted by atomic mass is 32.2. The first-order chi connectivity index (χ1) is 9.30. The lowest BCUT2D eigenvalue weighted by molar-refractivity contribution is -0.385. The average molecular weight is 298 g/mol. The molecule has 0 aliphatic carbocycles. The number of nitrogens with zero attached hydrogens (tertiary/aromatic N) is 2. The lowest BCUT2D eigenvalue weighted by Crippen LogP contribution is -2.42. The molecule has 0 unspecified atom stereocenters. The van der Waals surface area contributed by atoms with E-state index in [4.69, 9.17) is 0 Å². The molecule has 1 aromatic rings. The smallest absolute Gasteiger partial charge is 0.258 e. The second-order valence-corrected chi connectivity index (χ2v) is 7.46. The number of nitro groups is 1. The van der Waals surface area contributed by atoms with Crippen LogP contribution in [0.25, 0.3) is 0 Å². The Kier molecular flexibility index (Phi) is 4.10. The van der Waals surface area contributed by atoms with Gasteiger partial charge in [0.2, 0.25) is 10.0 Å². The maximum absolute atomic E-state index is 12.6. The quantitative estimate of drug-likeness (QED) is 0.633. The van der Waals surface area contributed by atoms with Gasteiger partial charge in [0.05, 0.1) is 9.82 Å². The number of non-ortho nitro benzene ring substituents is 1. The van der Waals surface area contributed by atoms with Crippen LogP contribution in [0.3, 0.4) is 0 Å². The molecule has 1 aromatic carbocycles. The zero-order chi connectivity index (χ0) is 14.9. The minimum absolute atomic E-state index is 0.00648. The molecule has 0 spiro atoms. The summed E-state index contributed by atoms with van der Waals surface area (Å²) in [6, 6.07) is 5.23. The lowest BCUT2D eigenvalue weighted by atomic mass is 9.94. The van der Waals surface area contributed by atoms with Crippen LogP contribution in [0.15, 0.2) is 29.2 Å². The third-order valence-corrected chi connectivity index (χ3v) is 5.33. The number of hydrogen-bond acceptors (Lipinski definition) is 4. The molecule has 0 aromatic heterocycles. The molecule has 1 fully saturated rings. The Morgan fingerprint density at radius 2 is 1.85 bits per heavy atom. The van der Waals surface area contributed by atoms with Crippen LogP contribution >= 0.6 is 0 Å². The van der Waals surface area contributed by atoms with Crippen molar-refractivity contribution < 1.29 is 13.3 Å². The van der Waals surface area contributed by atoms with Crippen LogP contribution in [0.2, 0.25) is 0 Å². The van der Waals surface area contributed by atoms with Crippen LogP contribution in [-0.4, -0.2) is 30.7 Å². The molecule has 1 aliphatic rings. The number of piperidine rings is 1. The van der Waals surface area contributed by atoms with Crippen LogP contribution < -0.4 is 0 Å². The van der Waals surface area contributed by atoms with Crippen molar-refractivity contribution in [3.8, 4) is 0 Å². The van der Waals surface area contributed by atoms with Crippen molar-refractivity contribution in [2.75, 3.05) is 13.1 Å². The highest BCUT2D eigenvalue weighted by Crippen LogP contribution is 2.27.